The minimum absolute atomic E-state index is 0.154. The molecule has 2 saturated heterocycles. The highest BCUT2D eigenvalue weighted by atomic mass is 32.1. The molecule has 0 bridgehead atoms. The number of amides is 1. The lowest BCUT2D eigenvalue weighted by Gasteiger charge is -2.36. The van der Waals surface area contributed by atoms with Crippen molar-refractivity contribution >= 4 is 17.2 Å². The number of morpholine rings is 1. The molecule has 0 N–H and O–H groups in total. The van der Waals surface area contributed by atoms with Gasteiger partial charge in [0.05, 0.1) is 29.8 Å². The first kappa shape index (κ1) is 15.9. The van der Waals surface area contributed by atoms with Crippen molar-refractivity contribution < 1.29 is 9.53 Å². The number of piperidine rings is 1. The maximum absolute atomic E-state index is 12.7. The molecule has 1 unspecified atom stereocenters. The zero-order chi connectivity index (χ0) is 15.5. The van der Waals surface area contributed by atoms with Crippen LogP contribution in [0.25, 0.3) is 0 Å². The van der Waals surface area contributed by atoms with Gasteiger partial charge < -0.3 is 9.64 Å². The number of nitrogens with zero attached hydrogens (tertiary/aromatic N) is 3. The molecular weight excluding hydrogens is 298 g/mol. The molecule has 5 nitrogen and oxygen atoms in total. The molecular formula is C16H25N3O2S. The van der Waals surface area contributed by atoms with Crippen LogP contribution in [-0.2, 0) is 16.1 Å². The van der Waals surface area contributed by atoms with Gasteiger partial charge in [0, 0.05) is 31.1 Å². The molecule has 1 aromatic heterocycles. The van der Waals surface area contributed by atoms with Crippen molar-refractivity contribution in [2.45, 2.75) is 33.2 Å². The molecule has 0 aromatic carbocycles. The van der Waals surface area contributed by atoms with Crippen molar-refractivity contribution in [3.8, 4) is 0 Å². The molecule has 3 rings (SSSR count). The van der Waals surface area contributed by atoms with Crippen LogP contribution in [0.15, 0.2) is 0 Å². The van der Waals surface area contributed by atoms with Crippen molar-refractivity contribution in [1.82, 2.24) is 14.8 Å². The highest BCUT2D eigenvalue weighted by Crippen LogP contribution is 2.24. The summed E-state index contributed by atoms with van der Waals surface area (Å²) < 4.78 is 5.34. The molecule has 2 aliphatic rings. The number of rotatable bonds is 3. The maximum atomic E-state index is 12.7. The van der Waals surface area contributed by atoms with Crippen molar-refractivity contribution in [1.29, 1.82) is 0 Å². The van der Waals surface area contributed by atoms with Crippen molar-refractivity contribution in [3.05, 3.63) is 15.6 Å². The van der Waals surface area contributed by atoms with E-state index in [9.17, 15) is 4.79 Å². The smallest absolute Gasteiger partial charge is 0.227 e. The molecule has 0 spiro atoms. The van der Waals surface area contributed by atoms with Crippen LogP contribution in [0.4, 0.5) is 0 Å². The van der Waals surface area contributed by atoms with Gasteiger partial charge in [-0.25, -0.2) is 4.98 Å². The van der Waals surface area contributed by atoms with Gasteiger partial charge in [-0.15, -0.1) is 11.3 Å². The monoisotopic (exact) mass is 323 g/mol. The second kappa shape index (κ2) is 7.06. The Balaban J connectivity index is 1.59. The lowest BCUT2D eigenvalue weighted by Crippen LogP contribution is -2.48. The van der Waals surface area contributed by atoms with Gasteiger partial charge in [0.2, 0.25) is 5.91 Å². The first-order chi connectivity index (χ1) is 10.6. The Morgan fingerprint density at radius 2 is 2.09 bits per heavy atom. The van der Waals surface area contributed by atoms with Gasteiger partial charge in [0.25, 0.3) is 0 Å². The second-order valence-electron chi connectivity index (χ2n) is 6.25. The highest BCUT2D eigenvalue weighted by Gasteiger charge is 2.30. The Labute approximate surface area is 136 Å². The van der Waals surface area contributed by atoms with E-state index in [0.29, 0.717) is 19.1 Å². The standard InChI is InChI=1S/C16H25N3O2S/c1-12-15(22-13(2)17-12)11-18-5-3-4-14(10-18)16(20)19-6-8-21-9-7-19/h14H,3-11H2,1-2H3. The number of carbonyl (C=O) groups is 1. The van der Waals surface area contributed by atoms with Crippen LogP contribution in [0.3, 0.4) is 0 Å². The Morgan fingerprint density at radius 3 is 2.77 bits per heavy atom. The summed E-state index contributed by atoms with van der Waals surface area (Å²) in [5.74, 6) is 0.478. The summed E-state index contributed by atoms with van der Waals surface area (Å²) in [5.41, 5.74) is 1.14. The molecule has 3 heterocycles. The fraction of sp³-hybridized carbons (Fsp3) is 0.750. The molecule has 6 heteroatoms. The van der Waals surface area contributed by atoms with E-state index >= 15 is 0 Å². The second-order valence-corrected chi connectivity index (χ2v) is 7.54. The number of aryl methyl sites for hydroxylation is 2. The van der Waals surface area contributed by atoms with Gasteiger partial charge in [0.15, 0.2) is 0 Å². The van der Waals surface area contributed by atoms with Crippen LogP contribution >= 0.6 is 11.3 Å². The molecule has 1 aromatic rings. The van der Waals surface area contributed by atoms with E-state index in [0.717, 1.165) is 56.3 Å². The third-order valence-corrected chi connectivity index (χ3v) is 5.60. The number of thiazole rings is 1. The molecule has 1 atom stereocenters. The molecule has 1 amide bonds. The van der Waals surface area contributed by atoms with Gasteiger partial charge in [-0.1, -0.05) is 0 Å². The Kier molecular flexibility index (Phi) is 5.10. The average molecular weight is 323 g/mol. The van der Waals surface area contributed by atoms with E-state index in [2.05, 4.69) is 23.7 Å². The van der Waals surface area contributed by atoms with Crippen LogP contribution in [0, 0.1) is 19.8 Å². The fourth-order valence-corrected chi connectivity index (χ4v) is 4.35. The van der Waals surface area contributed by atoms with Crippen LogP contribution in [-0.4, -0.2) is 60.1 Å². The number of likely N-dealkylation sites (tertiary alicyclic amines) is 1. The predicted molar refractivity (Wildman–Crippen MR) is 87.0 cm³/mol. The van der Waals surface area contributed by atoms with Gasteiger partial charge in [-0.05, 0) is 33.2 Å². The Hall–Kier alpha value is -0.980. The highest BCUT2D eigenvalue weighted by molar-refractivity contribution is 7.11. The minimum atomic E-state index is 0.154. The van der Waals surface area contributed by atoms with Crippen molar-refractivity contribution in [3.63, 3.8) is 0 Å². The van der Waals surface area contributed by atoms with Gasteiger partial charge in [0.1, 0.15) is 0 Å². The molecule has 0 aliphatic carbocycles. The van der Waals surface area contributed by atoms with E-state index in [-0.39, 0.29) is 5.92 Å². The topological polar surface area (TPSA) is 45.7 Å². The zero-order valence-electron chi connectivity index (χ0n) is 13.5. The van der Waals surface area contributed by atoms with E-state index in [1.54, 1.807) is 11.3 Å². The normalized spacial score (nSPS) is 23.7. The average Bonchev–Trinajstić information content (AvgIpc) is 2.85. The van der Waals surface area contributed by atoms with Crippen LogP contribution in [0.5, 0.6) is 0 Å². The summed E-state index contributed by atoms with van der Waals surface area (Å²) in [6.07, 6.45) is 2.13. The largest absolute Gasteiger partial charge is 0.378 e. The summed E-state index contributed by atoms with van der Waals surface area (Å²) in [6, 6.07) is 0. The van der Waals surface area contributed by atoms with E-state index in [1.165, 1.54) is 4.88 Å². The van der Waals surface area contributed by atoms with Crippen LogP contribution in [0.1, 0.15) is 28.4 Å². The molecule has 22 heavy (non-hydrogen) atoms. The number of ether oxygens (including phenoxy) is 1. The quantitative estimate of drug-likeness (QED) is 0.851. The third-order valence-electron chi connectivity index (χ3n) is 4.54. The van der Waals surface area contributed by atoms with Gasteiger partial charge >= 0.3 is 0 Å². The van der Waals surface area contributed by atoms with Crippen LogP contribution < -0.4 is 0 Å². The van der Waals surface area contributed by atoms with Gasteiger partial charge in [-0.2, -0.15) is 0 Å². The fourth-order valence-electron chi connectivity index (χ4n) is 3.37. The lowest BCUT2D eigenvalue weighted by molar-refractivity contribution is -0.141. The number of carbonyl (C=O) groups excluding carboxylic acids is 1. The Morgan fingerprint density at radius 1 is 1.32 bits per heavy atom. The molecule has 2 fully saturated rings. The van der Waals surface area contributed by atoms with E-state index < -0.39 is 0 Å². The van der Waals surface area contributed by atoms with Crippen LogP contribution in [0.2, 0.25) is 0 Å². The van der Waals surface area contributed by atoms with Crippen molar-refractivity contribution in [2.24, 2.45) is 5.92 Å². The van der Waals surface area contributed by atoms with E-state index in [1.807, 2.05) is 4.90 Å². The number of hydrogen-bond acceptors (Lipinski definition) is 5. The Bertz CT molecular complexity index is 525. The number of hydrogen-bond donors (Lipinski definition) is 0. The third kappa shape index (κ3) is 3.67. The SMILES string of the molecule is Cc1nc(C)c(CN2CCCC(C(=O)N3CCOCC3)C2)s1. The molecule has 2 aliphatic heterocycles. The first-order valence-electron chi connectivity index (χ1n) is 8.15. The maximum Gasteiger partial charge on any atom is 0.227 e. The van der Waals surface area contributed by atoms with E-state index in [4.69, 9.17) is 4.74 Å². The number of aromatic nitrogens is 1. The molecule has 0 radical (unpaired) electrons. The zero-order valence-corrected chi connectivity index (χ0v) is 14.3. The minimum Gasteiger partial charge on any atom is -0.378 e. The summed E-state index contributed by atoms with van der Waals surface area (Å²) >= 11 is 1.78. The molecule has 122 valence electrons. The summed E-state index contributed by atoms with van der Waals surface area (Å²) in [5, 5.41) is 1.13. The lowest BCUT2D eigenvalue weighted by atomic mass is 9.96. The summed E-state index contributed by atoms with van der Waals surface area (Å²) in [4.78, 5) is 22.9. The molecule has 0 saturated carbocycles. The predicted octanol–water partition coefficient (Wildman–Crippen LogP) is 1.83. The summed E-state index contributed by atoms with van der Waals surface area (Å²) in [6.45, 7) is 9.91. The van der Waals surface area contributed by atoms with Gasteiger partial charge in [-0.3, -0.25) is 9.69 Å². The first-order valence-corrected chi connectivity index (χ1v) is 8.97. The summed E-state index contributed by atoms with van der Waals surface area (Å²) in [7, 11) is 0. The van der Waals surface area contributed by atoms with Crippen molar-refractivity contribution in [2.75, 3.05) is 39.4 Å².